The van der Waals surface area contributed by atoms with E-state index in [2.05, 4.69) is 4.98 Å². The Balaban J connectivity index is 1.88. The molecule has 5 heteroatoms. The standard InChI is InChI=1S/C13H11NO4/c15-7-9-3-4-14-6-13(9)18-10-1-2-11-12(5-10)17-8-16-11/h1-6,15H,7-8H2. The van der Waals surface area contributed by atoms with E-state index in [9.17, 15) is 5.11 Å². The summed E-state index contributed by atoms with van der Waals surface area (Å²) >= 11 is 0. The lowest BCUT2D eigenvalue weighted by Crippen LogP contribution is -1.93. The van der Waals surface area contributed by atoms with E-state index in [0.29, 0.717) is 28.6 Å². The normalized spacial score (nSPS) is 12.5. The number of pyridine rings is 1. The van der Waals surface area contributed by atoms with E-state index in [1.54, 1.807) is 36.7 Å². The van der Waals surface area contributed by atoms with Crippen LogP contribution in [-0.2, 0) is 6.61 Å². The third-order valence-corrected chi connectivity index (χ3v) is 2.61. The van der Waals surface area contributed by atoms with Crippen molar-refractivity contribution in [2.45, 2.75) is 6.61 Å². The average molecular weight is 245 g/mol. The Bertz CT molecular complexity index is 571. The predicted molar refractivity (Wildman–Crippen MR) is 62.8 cm³/mol. The van der Waals surface area contributed by atoms with Crippen LogP contribution in [0.2, 0.25) is 0 Å². The molecule has 0 radical (unpaired) electrons. The van der Waals surface area contributed by atoms with Crippen LogP contribution in [0.4, 0.5) is 0 Å². The third-order valence-electron chi connectivity index (χ3n) is 2.61. The van der Waals surface area contributed by atoms with E-state index in [1.807, 2.05) is 0 Å². The second kappa shape index (κ2) is 4.54. The van der Waals surface area contributed by atoms with Crippen molar-refractivity contribution in [2.75, 3.05) is 6.79 Å². The number of ether oxygens (including phenoxy) is 3. The number of rotatable bonds is 3. The summed E-state index contributed by atoms with van der Waals surface area (Å²) in [4.78, 5) is 3.97. The zero-order valence-electron chi connectivity index (χ0n) is 9.50. The molecule has 1 aliphatic heterocycles. The summed E-state index contributed by atoms with van der Waals surface area (Å²) in [5.74, 6) is 2.50. The van der Waals surface area contributed by atoms with E-state index >= 15 is 0 Å². The van der Waals surface area contributed by atoms with Crippen molar-refractivity contribution in [3.63, 3.8) is 0 Å². The summed E-state index contributed by atoms with van der Waals surface area (Å²) in [7, 11) is 0. The molecule has 1 aromatic carbocycles. The molecule has 1 aliphatic rings. The Morgan fingerprint density at radius 2 is 2.11 bits per heavy atom. The smallest absolute Gasteiger partial charge is 0.231 e. The summed E-state index contributed by atoms with van der Waals surface area (Å²) in [6, 6.07) is 7.02. The fourth-order valence-electron chi connectivity index (χ4n) is 1.70. The molecule has 0 unspecified atom stereocenters. The maximum absolute atomic E-state index is 9.20. The number of fused-ring (bicyclic) bond motifs is 1. The summed E-state index contributed by atoms with van der Waals surface area (Å²) in [5.41, 5.74) is 0.683. The van der Waals surface area contributed by atoms with Crippen LogP contribution in [0, 0.1) is 0 Å². The number of hydrogen-bond acceptors (Lipinski definition) is 5. The Morgan fingerprint density at radius 3 is 3.00 bits per heavy atom. The molecule has 0 amide bonds. The average Bonchev–Trinajstić information content (AvgIpc) is 2.87. The van der Waals surface area contributed by atoms with Crippen molar-refractivity contribution in [3.05, 3.63) is 42.2 Å². The van der Waals surface area contributed by atoms with Gasteiger partial charge in [-0.2, -0.15) is 0 Å². The summed E-state index contributed by atoms with van der Waals surface area (Å²) in [6.45, 7) is 0.135. The number of nitrogens with zero attached hydrogens (tertiary/aromatic N) is 1. The van der Waals surface area contributed by atoms with Crippen molar-refractivity contribution in [2.24, 2.45) is 0 Å². The maximum Gasteiger partial charge on any atom is 0.231 e. The highest BCUT2D eigenvalue weighted by molar-refractivity contribution is 5.48. The van der Waals surface area contributed by atoms with Gasteiger partial charge in [0.15, 0.2) is 17.2 Å². The van der Waals surface area contributed by atoms with Crippen molar-refractivity contribution < 1.29 is 19.3 Å². The van der Waals surface area contributed by atoms with Crippen LogP contribution in [0.3, 0.4) is 0 Å². The van der Waals surface area contributed by atoms with Gasteiger partial charge in [0.2, 0.25) is 6.79 Å². The zero-order chi connectivity index (χ0) is 12.4. The van der Waals surface area contributed by atoms with Gasteiger partial charge >= 0.3 is 0 Å². The maximum atomic E-state index is 9.20. The highest BCUT2D eigenvalue weighted by Crippen LogP contribution is 2.36. The molecule has 5 nitrogen and oxygen atoms in total. The van der Waals surface area contributed by atoms with Crippen molar-refractivity contribution in [1.82, 2.24) is 4.98 Å². The number of aromatic nitrogens is 1. The highest BCUT2D eigenvalue weighted by atomic mass is 16.7. The van der Waals surface area contributed by atoms with Crippen molar-refractivity contribution in [1.29, 1.82) is 0 Å². The molecule has 0 saturated carbocycles. The van der Waals surface area contributed by atoms with E-state index in [4.69, 9.17) is 14.2 Å². The van der Waals surface area contributed by atoms with Crippen LogP contribution in [0.5, 0.6) is 23.0 Å². The van der Waals surface area contributed by atoms with Gasteiger partial charge in [0, 0.05) is 17.8 Å². The first-order chi connectivity index (χ1) is 8.86. The Kier molecular flexibility index (Phi) is 2.74. The predicted octanol–water partition coefficient (Wildman–Crippen LogP) is 2.09. The van der Waals surface area contributed by atoms with Crippen LogP contribution in [0.25, 0.3) is 0 Å². The first-order valence-electron chi connectivity index (χ1n) is 5.48. The monoisotopic (exact) mass is 245 g/mol. The van der Waals surface area contributed by atoms with E-state index in [1.165, 1.54) is 0 Å². The van der Waals surface area contributed by atoms with Crippen LogP contribution in [0.1, 0.15) is 5.56 Å². The van der Waals surface area contributed by atoms with Crippen molar-refractivity contribution in [3.8, 4) is 23.0 Å². The van der Waals surface area contributed by atoms with Crippen molar-refractivity contribution >= 4 is 0 Å². The molecule has 0 aliphatic carbocycles. The van der Waals surface area contributed by atoms with Gasteiger partial charge in [0.05, 0.1) is 12.8 Å². The van der Waals surface area contributed by atoms with Gasteiger partial charge in [-0.1, -0.05) is 0 Å². The first kappa shape index (κ1) is 10.9. The molecule has 0 bridgehead atoms. The van der Waals surface area contributed by atoms with Crippen LogP contribution >= 0.6 is 0 Å². The van der Waals surface area contributed by atoms with Crippen LogP contribution in [0.15, 0.2) is 36.7 Å². The molecule has 0 fully saturated rings. The largest absolute Gasteiger partial charge is 0.455 e. The number of hydrogen-bond donors (Lipinski definition) is 1. The minimum atomic E-state index is -0.0948. The van der Waals surface area contributed by atoms with Gasteiger partial charge in [0.1, 0.15) is 5.75 Å². The topological polar surface area (TPSA) is 60.8 Å². The molecular formula is C13H11NO4. The Labute approximate surface area is 104 Å². The summed E-state index contributed by atoms with van der Waals surface area (Å²) in [5, 5.41) is 9.20. The molecule has 1 aromatic heterocycles. The summed E-state index contributed by atoms with van der Waals surface area (Å²) < 4.78 is 16.2. The number of aliphatic hydroxyl groups excluding tert-OH is 1. The van der Waals surface area contributed by atoms with Gasteiger partial charge in [-0.15, -0.1) is 0 Å². The van der Waals surface area contributed by atoms with Crippen LogP contribution < -0.4 is 14.2 Å². The number of benzene rings is 1. The quantitative estimate of drug-likeness (QED) is 0.897. The molecule has 1 N–H and O–H groups in total. The van der Waals surface area contributed by atoms with Gasteiger partial charge < -0.3 is 19.3 Å². The van der Waals surface area contributed by atoms with Gasteiger partial charge in [-0.3, -0.25) is 4.98 Å². The summed E-state index contributed by atoms with van der Waals surface area (Å²) in [6.07, 6.45) is 3.17. The lowest BCUT2D eigenvalue weighted by molar-refractivity contribution is 0.174. The van der Waals surface area contributed by atoms with Gasteiger partial charge in [-0.05, 0) is 18.2 Å². The minimum absolute atomic E-state index is 0.0948. The molecule has 2 aromatic rings. The van der Waals surface area contributed by atoms with Crippen LogP contribution in [-0.4, -0.2) is 16.9 Å². The third kappa shape index (κ3) is 1.96. The lowest BCUT2D eigenvalue weighted by Gasteiger charge is -2.09. The second-order valence-corrected chi connectivity index (χ2v) is 3.76. The molecule has 0 atom stereocenters. The van der Waals surface area contributed by atoms with Gasteiger partial charge in [-0.25, -0.2) is 0 Å². The fourth-order valence-corrected chi connectivity index (χ4v) is 1.70. The molecule has 3 rings (SSSR count). The van der Waals surface area contributed by atoms with E-state index in [0.717, 1.165) is 0 Å². The SMILES string of the molecule is OCc1ccncc1Oc1ccc2c(c1)OCO2. The molecule has 0 saturated heterocycles. The molecule has 92 valence electrons. The number of aliphatic hydroxyl groups is 1. The zero-order valence-corrected chi connectivity index (χ0v) is 9.50. The molecular weight excluding hydrogens is 234 g/mol. The second-order valence-electron chi connectivity index (χ2n) is 3.76. The Hall–Kier alpha value is -2.27. The first-order valence-corrected chi connectivity index (χ1v) is 5.48. The molecule has 2 heterocycles. The van der Waals surface area contributed by atoms with E-state index < -0.39 is 0 Å². The minimum Gasteiger partial charge on any atom is -0.455 e. The lowest BCUT2D eigenvalue weighted by atomic mass is 10.2. The Morgan fingerprint density at radius 1 is 1.22 bits per heavy atom. The molecule has 18 heavy (non-hydrogen) atoms. The highest BCUT2D eigenvalue weighted by Gasteiger charge is 2.14. The molecule has 0 spiro atoms. The van der Waals surface area contributed by atoms with E-state index in [-0.39, 0.29) is 13.4 Å². The fraction of sp³-hybridized carbons (Fsp3) is 0.154. The van der Waals surface area contributed by atoms with Gasteiger partial charge in [0.25, 0.3) is 0 Å².